The van der Waals surface area contributed by atoms with Crippen LogP contribution in [-0.4, -0.2) is 16.6 Å². The van der Waals surface area contributed by atoms with E-state index in [1.807, 2.05) is 13.8 Å². The Balaban J connectivity index is 2.25. The van der Waals surface area contributed by atoms with Gasteiger partial charge in [0.25, 0.3) is 0 Å². The number of hydrogen-bond donors (Lipinski definition) is 0. The second-order valence-corrected chi connectivity index (χ2v) is 6.33. The lowest BCUT2D eigenvalue weighted by Crippen LogP contribution is -2.28. The monoisotopic (exact) mass is 350 g/mol. The van der Waals surface area contributed by atoms with E-state index in [9.17, 15) is 0 Å². The molecule has 0 aliphatic heterocycles. The smallest absolute Gasteiger partial charge is 0.138 e. The molecule has 4 heteroatoms. The normalized spacial score (nSPS) is 12.9. The standard InChI is InChI=1S/C17H23BrN2O/c1-5-10-20(11-16-12(2)19-21-14(16)4)13(3)15-8-6-7-9-17(15)18/h6-9,13H,5,10-11H2,1-4H3/t13-/m1/s1. The van der Waals surface area contributed by atoms with Crippen molar-refractivity contribution in [1.29, 1.82) is 0 Å². The van der Waals surface area contributed by atoms with Gasteiger partial charge < -0.3 is 4.52 Å². The molecule has 0 saturated heterocycles. The molecule has 21 heavy (non-hydrogen) atoms. The largest absolute Gasteiger partial charge is 0.361 e. The second-order valence-electron chi connectivity index (χ2n) is 5.47. The molecular formula is C17H23BrN2O. The molecule has 0 bridgehead atoms. The topological polar surface area (TPSA) is 29.3 Å². The molecule has 0 fully saturated rings. The summed E-state index contributed by atoms with van der Waals surface area (Å²) in [5.41, 5.74) is 3.52. The number of aryl methyl sites for hydroxylation is 2. The van der Waals surface area contributed by atoms with Crippen molar-refractivity contribution in [3.63, 3.8) is 0 Å². The van der Waals surface area contributed by atoms with E-state index in [1.54, 1.807) is 0 Å². The molecule has 1 heterocycles. The molecule has 0 spiro atoms. The number of benzene rings is 1. The van der Waals surface area contributed by atoms with E-state index >= 15 is 0 Å². The summed E-state index contributed by atoms with van der Waals surface area (Å²) in [5.74, 6) is 0.924. The van der Waals surface area contributed by atoms with Gasteiger partial charge in [-0.2, -0.15) is 0 Å². The third kappa shape index (κ3) is 3.74. The molecule has 0 N–H and O–H groups in total. The van der Waals surface area contributed by atoms with Crippen molar-refractivity contribution in [2.24, 2.45) is 0 Å². The number of hydrogen-bond acceptors (Lipinski definition) is 3. The van der Waals surface area contributed by atoms with Gasteiger partial charge in [-0.05, 0) is 45.4 Å². The summed E-state index contributed by atoms with van der Waals surface area (Å²) in [6.07, 6.45) is 1.12. The number of aromatic nitrogens is 1. The Labute approximate surface area is 135 Å². The molecule has 114 valence electrons. The minimum atomic E-state index is 0.342. The molecule has 0 saturated carbocycles. The molecule has 1 atom stereocenters. The fraction of sp³-hybridized carbons (Fsp3) is 0.471. The van der Waals surface area contributed by atoms with Crippen LogP contribution < -0.4 is 0 Å². The van der Waals surface area contributed by atoms with E-state index in [4.69, 9.17) is 4.52 Å². The maximum Gasteiger partial charge on any atom is 0.138 e. The van der Waals surface area contributed by atoms with Gasteiger partial charge in [0, 0.05) is 22.6 Å². The maximum absolute atomic E-state index is 5.30. The lowest BCUT2D eigenvalue weighted by atomic mass is 10.1. The number of halogens is 1. The number of rotatable bonds is 6. The van der Waals surface area contributed by atoms with E-state index in [0.29, 0.717) is 6.04 Å². The van der Waals surface area contributed by atoms with Crippen molar-refractivity contribution in [2.45, 2.75) is 46.7 Å². The minimum absolute atomic E-state index is 0.342. The van der Waals surface area contributed by atoms with Crippen LogP contribution in [0.4, 0.5) is 0 Å². The molecule has 2 aromatic rings. The van der Waals surface area contributed by atoms with E-state index in [0.717, 1.165) is 35.4 Å². The zero-order chi connectivity index (χ0) is 15.4. The molecule has 1 aromatic heterocycles. The Kier molecular flexibility index (Phi) is 5.59. The molecular weight excluding hydrogens is 328 g/mol. The Morgan fingerprint density at radius 1 is 1.29 bits per heavy atom. The van der Waals surface area contributed by atoms with Gasteiger partial charge in [0.1, 0.15) is 5.76 Å². The first kappa shape index (κ1) is 16.2. The SMILES string of the molecule is CCCN(Cc1c(C)noc1C)[C@H](C)c1ccccc1Br. The van der Waals surface area contributed by atoms with Crippen molar-refractivity contribution in [1.82, 2.24) is 10.1 Å². The molecule has 0 radical (unpaired) electrons. The van der Waals surface area contributed by atoms with Gasteiger partial charge in [-0.1, -0.05) is 46.2 Å². The molecule has 2 rings (SSSR count). The quantitative estimate of drug-likeness (QED) is 0.731. The predicted molar refractivity (Wildman–Crippen MR) is 89.2 cm³/mol. The van der Waals surface area contributed by atoms with Crippen molar-refractivity contribution in [3.05, 3.63) is 51.3 Å². The average molecular weight is 351 g/mol. The summed E-state index contributed by atoms with van der Waals surface area (Å²) in [5, 5.41) is 4.07. The molecule has 1 aromatic carbocycles. The molecule has 0 aliphatic carbocycles. The van der Waals surface area contributed by atoms with Crippen LogP contribution >= 0.6 is 15.9 Å². The van der Waals surface area contributed by atoms with Crippen LogP contribution in [0.2, 0.25) is 0 Å². The van der Waals surface area contributed by atoms with Crippen molar-refractivity contribution < 1.29 is 4.52 Å². The highest BCUT2D eigenvalue weighted by Crippen LogP contribution is 2.29. The minimum Gasteiger partial charge on any atom is -0.361 e. The lowest BCUT2D eigenvalue weighted by molar-refractivity contribution is 0.200. The van der Waals surface area contributed by atoms with Gasteiger partial charge >= 0.3 is 0 Å². The van der Waals surface area contributed by atoms with Crippen LogP contribution in [0.5, 0.6) is 0 Å². The van der Waals surface area contributed by atoms with Crippen molar-refractivity contribution in [3.8, 4) is 0 Å². The summed E-state index contributed by atoms with van der Waals surface area (Å²) in [6, 6.07) is 8.78. The third-order valence-corrected chi connectivity index (χ3v) is 4.68. The molecule has 0 aliphatic rings. The first-order valence-corrected chi connectivity index (χ1v) is 8.24. The highest BCUT2D eigenvalue weighted by atomic mass is 79.9. The van der Waals surface area contributed by atoms with Crippen LogP contribution in [0.3, 0.4) is 0 Å². The first-order chi connectivity index (χ1) is 10.0. The summed E-state index contributed by atoms with van der Waals surface area (Å²) >= 11 is 3.67. The Morgan fingerprint density at radius 3 is 2.57 bits per heavy atom. The summed E-state index contributed by atoms with van der Waals surface area (Å²) in [4.78, 5) is 2.48. The Bertz CT molecular complexity index is 575. The van der Waals surface area contributed by atoms with Crippen LogP contribution in [-0.2, 0) is 6.54 Å². The van der Waals surface area contributed by atoms with Crippen LogP contribution in [0.1, 0.15) is 48.9 Å². The summed E-state index contributed by atoms with van der Waals surface area (Å²) < 4.78 is 6.46. The molecule has 0 unspecified atom stereocenters. The van der Waals surface area contributed by atoms with E-state index in [2.05, 4.69) is 64.1 Å². The van der Waals surface area contributed by atoms with Gasteiger partial charge in [-0.15, -0.1) is 0 Å². The van der Waals surface area contributed by atoms with Crippen LogP contribution in [0.25, 0.3) is 0 Å². The Morgan fingerprint density at radius 2 is 2.00 bits per heavy atom. The zero-order valence-corrected chi connectivity index (χ0v) is 14.8. The average Bonchev–Trinajstić information content (AvgIpc) is 2.78. The Hall–Kier alpha value is -1.13. The fourth-order valence-corrected chi connectivity index (χ4v) is 3.25. The van der Waals surface area contributed by atoms with Crippen molar-refractivity contribution in [2.75, 3.05) is 6.54 Å². The van der Waals surface area contributed by atoms with Gasteiger partial charge in [0.05, 0.1) is 5.69 Å². The van der Waals surface area contributed by atoms with Gasteiger partial charge in [0.15, 0.2) is 0 Å². The van der Waals surface area contributed by atoms with Crippen LogP contribution in [0, 0.1) is 13.8 Å². The fourth-order valence-electron chi connectivity index (χ4n) is 2.64. The van der Waals surface area contributed by atoms with E-state index in [1.165, 1.54) is 11.1 Å². The summed E-state index contributed by atoms with van der Waals surface area (Å²) in [7, 11) is 0. The zero-order valence-electron chi connectivity index (χ0n) is 13.2. The summed E-state index contributed by atoms with van der Waals surface area (Å²) in [6.45, 7) is 10.4. The lowest BCUT2D eigenvalue weighted by Gasteiger charge is -2.29. The van der Waals surface area contributed by atoms with Crippen LogP contribution in [0.15, 0.2) is 33.3 Å². The number of nitrogens with zero attached hydrogens (tertiary/aromatic N) is 2. The second kappa shape index (κ2) is 7.23. The van der Waals surface area contributed by atoms with Crippen molar-refractivity contribution >= 4 is 15.9 Å². The van der Waals surface area contributed by atoms with Gasteiger partial charge in [-0.25, -0.2) is 0 Å². The highest BCUT2D eigenvalue weighted by molar-refractivity contribution is 9.10. The van der Waals surface area contributed by atoms with E-state index in [-0.39, 0.29) is 0 Å². The maximum atomic E-state index is 5.30. The van der Waals surface area contributed by atoms with Gasteiger partial charge in [-0.3, -0.25) is 4.90 Å². The third-order valence-electron chi connectivity index (χ3n) is 3.96. The molecule has 3 nitrogen and oxygen atoms in total. The predicted octanol–water partition coefficient (Wildman–Crippen LogP) is 5.03. The highest BCUT2D eigenvalue weighted by Gasteiger charge is 2.20. The van der Waals surface area contributed by atoms with Gasteiger partial charge in [0.2, 0.25) is 0 Å². The first-order valence-electron chi connectivity index (χ1n) is 7.44. The van der Waals surface area contributed by atoms with E-state index < -0.39 is 0 Å². The molecule has 0 amide bonds.